The molecule has 2 aromatic rings. The molecule has 76 valence electrons. The Morgan fingerprint density at radius 2 is 2.13 bits per heavy atom. The maximum atomic E-state index is 10.7. The number of aromatic nitrogens is 3. The van der Waals surface area contributed by atoms with Gasteiger partial charge in [-0.15, -0.1) is 0 Å². The molecule has 0 bridgehead atoms. The summed E-state index contributed by atoms with van der Waals surface area (Å²) in [4.78, 5) is 14.6. The number of carbonyl (C=O) groups is 1. The van der Waals surface area contributed by atoms with Crippen molar-refractivity contribution in [3.05, 3.63) is 37.5 Å². The summed E-state index contributed by atoms with van der Waals surface area (Å²) in [7, 11) is 0. The molecule has 2 rings (SSSR count). The Hall–Kier alpha value is -0.510. The standard InChI is InChI=1S/C9H5I2N3O/c10-6-1-2-8(7(11)3-6)14-9(4-15)12-5-13-14/h1-5H. The van der Waals surface area contributed by atoms with Crippen LogP contribution in [0.2, 0.25) is 0 Å². The summed E-state index contributed by atoms with van der Waals surface area (Å²) in [6.07, 6.45) is 2.07. The highest BCUT2D eigenvalue weighted by atomic mass is 127. The molecule has 0 aliphatic carbocycles. The van der Waals surface area contributed by atoms with Gasteiger partial charge in [0.2, 0.25) is 0 Å². The van der Waals surface area contributed by atoms with Crippen LogP contribution in [0.5, 0.6) is 0 Å². The zero-order chi connectivity index (χ0) is 10.8. The van der Waals surface area contributed by atoms with Crippen LogP contribution < -0.4 is 0 Å². The van der Waals surface area contributed by atoms with Crippen molar-refractivity contribution in [3.8, 4) is 5.69 Å². The molecule has 0 radical (unpaired) electrons. The number of aldehydes is 1. The Labute approximate surface area is 113 Å². The van der Waals surface area contributed by atoms with E-state index >= 15 is 0 Å². The summed E-state index contributed by atoms with van der Waals surface area (Å²) in [5.41, 5.74) is 0.871. The van der Waals surface area contributed by atoms with E-state index in [-0.39, 0.29) is 0 Å². The summed E-state index contributed by atoms with van der Waals surface area (Å²) < 4.78 is 3.71. The zero-order valence-electron chi connectivity index (χ0n) is 7.39. The molecule has 0 aliphatic rings. The topological polar surface area (TPSA) is 47.8 Å². The van der Waals surface area contributed by atoms with Gasteiger partial charge in [-0.2, -0.15) is 5.10 Å². The van der Waals surface area contributed by atoms with Crippen LogP contribution >= 0.6 is 45.2 Å². The molecule has 0 atom stereocenters. The minimum atomic E-state index is 0.314. The lowest BCUT2D eigenvalue weighted by molar-refractivity contribution is 0.111. The van der Waals surface area contributed by atoms with E-state index in [4.69, 9.17) is 0 Å². The first-order valence-electron chi connectivity index (χ1n) is 4.03. The van der Waals surface area contributed by atoms with Crippen molar-refractivity contribution in [3.63, 3.8) is 0 Å². The van der Waals surface area contributed by atoms with E-state index in [0.29, 0.717) is 12.1 Å². The normalized spacial score (nSPS) is 10.3. The van der Waals surface area contributed by atoms with Gasteiger partial charge in [-0.3, -0.25) is 4.79 Å². The second-order valence-corrected chi connectivity index (χ2v) is 5.15. The molecule has 6 heteroatoms. The van der Waals surface area contributed by atoms with Crippen LogP contribution in [0, 0.1) is 7.14 Å². The van der Waals surface area contributed by atoms with E-state index in [1.54, 1.807) is 0 Å². The number of carbonyl (C=O) groups excluding carboxylic acids is 1. The van der Waals surface area contributed by atoms with Crippen molar-refractivity contribution in [2.24, 2.45) is 0 Å². The largest absolute Gasteiger partial charge is 0.294 e. The van der Waals surface area contributed by atoms with Crippen LogP contribution in [0.25, 0.3) is 5.69 Å². The predicted molar refractivity (Wildman–Crippen MR) is 72.2 cm³/mol. The molecule has 0 N–H and O–H groups in total. The molecular weight excluding hydrogens is 420 g/mol. The number of hydrogen-bond donors (Lipinski definition) is 0. The third-order valence-electron chi connectivity index (χ3n) is 1.82. The van der Waals surface area contributed by atoms with Gasteiger partial charge in [-0.1, -0.05) is 0 Å². The summed E-state index contributed by atoms with van der Waals surface area (Å²) in [5.74, 6) is 0.314. The molecule has 1 aromatic carbocycles. The maximum absolute atomic E-state index is 10.7. The first kappa shape index (κ1) is 11.0. The fourth-order valence-electron chi connectivity index (χ4n) is 1.17. The van der Waals surface area contributed by atoms with Gasteiger partial charge in [-0.25, -0.2) is 9.67 Å². The number of halogens is 2. The smallest absolute Gasteiger partial charge is 0.196 e. The lowest BCUT2D eigenvalue weighted by Crippen LogP contribution is -2.04. The van der Waals surface area contributed by atoms with Gasteiger partial charge in [0, 0.05) is 7.14 Å². The van der Waals surface area contributed by atoms with Gasteiger partial charge in [0.15, 0.2) is 12.1 Å². The van der Waals surface area contributed by atoms with Gasteiger partial charge in [-0.05, 0) is 63.4 Å². The lowest BCUT2D eigenvalue weighted by Gasteiger charge is -2.05. The van der Waals surface area contributed by atoms with Crippen LogP contribution in [0.3, 0.4) is 0 Å². The Morgan fingerprint density at radius 3 is 2.80 bits per heavy atom. The van der Waals surface area contributed by atoms with Crippen LogP contribution in [-0.4, -0.2) is 21.1 Å². The Balaban J connectivity index is 2.59. The van der Waals surface area contributed by atoms with Gasteiger partial charge in [0.1, 0.15) is 6.33 Å². The lowest BCUT2D eigenvalue weighted by atomic mass is 10.3. The molecule has 4 nitrogen and oxygen atoms in total. The molecule has 0 unspecified atom stereocenters. The molecule has 1 aromatic heterocycles. The van der Waals surface area contributed by atoms with Crippen molar-refractivity contribution in [2.45, 2.75) is 0 Å². The van der Waals surface area contributed by atoms with Crippen LogP contribution in [0.1, 0.15) is 10.6 Å². The number of rotatable bonds is 2. The molecular formula is C9H5I2N3O. The van der Waals surface area contributed by atoms with Crippen molar-refractivity contribution >= 4 is 51.5 Å². The number of hydrogen-bond acceptors (Lipinski definition) is 3. The van der Waals surface area contributed by atoms with E-state index in [1.807, 2.05) is 18.2 Å². The first-order valence-corrected chi connectivity index (χ1v) is 6.19. The number of nitrogens with zero attached hydrogens (tertiary/aromatic N) is 3. The molecule has 1 heterocycles. The van der Waals surface area contributed by atoms with E-state index < -0.39 is 0 Å². The quantitative estimate of drug-likeness (QED) is 0.549. The summed E-state index contributed by atoms with van der Waals surface area (Å²) in [6.45, 7) is 0. The van der Waals surface area contributed by atoms with Gasteiger partial charge in [0.25, 0.3) is 0 Å². The van der Waals surface area contributed by atoms with Crippen LogP contribution in [0.15, 0.2) is 24.5 Å². The van der Waals surface area contributed by atoms with E-state index in [9.17, 15) is 4.79 Å². The van der Waals surface area contributed by atoms with Crippen molar-refractivity contribution in [1.29, 1.82) is 0 Å². The molecule has 0 aliphatic heterocycles. The average Bonchev–Trinajstić information content (AvgIpc) is 2.65. The molecule has 0 amide bonds. The fourth-order valence-corrected chi connectivity index (χ4v) is 3.00. The van der Waals surface area contributed by atoms with Gasteiger partial charge < -0.3 is 0 Å². The second kappa shape index (κ2) is 4.56. The molecule has 0 spiro atoms. The molecule has 0 saturated carbocycles. The highest BCUT2D eigenvalue weighted by Gasteiger charge is 2.08. The minimum absolute atomic E-state index is 0.314. The summed E-state index contributed by atoms with van der Waals surface area (Å²) in [5, 5.41) is 4.01. The summed E-state index contributed by atoms with van der Waals surface area (Å²) >= 11 is 4.45. The SMILES string of the molecule is O=Cc1ncnn1-c1ccc(I)cc1I. The Kier molecular flexibility index (Phi) is 3.34. The molecule has 0 fully saturated rings. The monoisotopic (exact) mass is 425 g/mol. The first-order chi connectivity index (χ1) is 7.22. The zero-order valence-corrected chi connectivity index (χ0v) is 11.7. The van der Waals surface area contributed by atoms with Gasteiger partial charge in [0.05, 0.1) is 5.69 Å². The van der Waals surface area contributed by atoms with Gasteiger partial charge >= 0.3 is 0 Å². The highest BCUT2D eigenvalue weighted by Crippen LogP contribution is 2.19. The Bertz CT molecular complexity index is 510. The Morgan fingerprint density at radius 1 is 1.33 bits per heavy atom. The minimum Gasteiger partial charge on any atom is -0.294 e. The third-order valence-corrected chi connectivity index (χ3v) is 3.35. The number of benzene rings is 1. The van der Waals surface area contributed by atoms with Crippen LogP contribution in [-0.2, 0) is 0 Å². The van der Waals surface area contributed by atoms with Crippen molar-refractivity contribution < 1.29 is 4.79 Å². The second-order valence-electron chi connectivity index (χ2n) is 2.74. The van der Waals surface area contributed by atoms with Crippen molar-refractivity contribution in [1.82, 2.24) is 14.8 Å². The third kappa shape index (κ3) is 2.19. The van der Waals surface area contributed by atoms with E-state index in [1.165, 1.54) is 11.0 Å². The summed E-state index contributed by atoms with van der Waals surface area (Å²) in [6, 6.07) is 5.91. The average molecular weight is 425 g/mol. The van der Waals surface area contributed by atoms with Crippen LogP contribution in [0.4, 0.5) is 0 Å². The predicted octanol–water partition coefficient (Wildman–Crippen LogP) is 2.29. The molecule has 15 heavy (non-hydrogen) atoms. The fraction of sp³-hybridized carbons (Fsp3) is 0. The van der Waals surface area contributed by atoms with E-state index in [2.05, 4.69) is 55.3 Å². The highest BCUT2D eigenvalue weighted by molar-refractivity contribution is 14.1. The van der Waals surface area contributed by atoms with Crippen molar-refractivity contribution in [2.75, 3.05) is 0 Å². The molecule has 0 saturated heterocycles. The van der Waals surface area contributed by atoms with E-state index in [0.717, 1.165) is 12.8 Å². The maximum Gasteiger partial charge on any atom is 0.196 e.